The molecule has 4 N–H and O–H groups in total. The molecule has 0 saturated heterocycles. The summed E-state index contributed by atoms with van der Waals surface area (Å²) in [6.45, 7) is 8.62. The van der Waals surface area contributed by atoms with Gasteiger partial charge in [-0.1, -0.05) is 48.0 Å². The van der Waals surface area contributed by atoms with E-state index in [1.807, 2.05) is 57.2 Å². The van der Waals surface area contributed by atoms with Gasteiger partial charge in [0.1, 0.15) is 34.0 Å². The number of rotatable bonds is 16. The van der Waals surface area contributed by atoms with E-state index in [9.17, 15) is 24.3 Å². The number of carbonyl (C=O) groups excluding carboxylic acids is 3. The summed E-state index contributed by atoms with van der Waals surface area (Å²) in [6.07, 6.45) is 0.561. The number of aliphatic carboxylic acids is 1. The second-order valence-corrected chi connectivity index (χ2v) is 14.1. The summed E-state index contributed by atoms with van der Waals surface area (Å²) in [7, 11) is 0. The Bertz CT molecular complexity index is 2390. The van der Waals surface area contributed by atoms with Gasteiger partial charge in [-0.15, -0.1) is 11.8 Å². The van der Waals surface area contributed by atoms with E-state index in [1.54, 1.807) is 53.4 Å². The molecule has 0 spiro atoms. The standard InChI is InChI=1S/C30H36N2O7S.C13H9N3O2/c1-5-32(21(4)33)24-9-6-8-22-28(24)26(39-14-15-40-18-27(34)35)17-23(29(22)36)30(37)31-12-7-13-38-25-11-10-19(2)16-20(25)3;17-13(18-10-4-2-1-3-5-10)9-6-7-11-12(8-9)15-16-14-11/h6,8-11,16-17,36H,5,7,12-15,18H2,1-4H3,(H,31,37)(H,34,35);1-8H,(H,14,15,16). The van der Waals surface area contributed by atoms with E-state index < -0.39 is 17.8 Å². The molecule has 0 atom stereocenters. The number of aromatic nitrogens is 3. The Morgan fingerprint density at radius 2 is 1.62 bits per heavy atom. The fraction of sp³-hybridized carbons (Fsp3) is 0.256. The molecular weight excluding hydrogens is 763 g/mol. The van der Waals surface area contributed by atoms with Crippen molar-refractivity contribution in [2.24, 2.45) is 0 Å². The predicted octanol–water partition coefficient (Wildman–Crippen LogP) is 7.11. The van der Waals surface area contributed by atoms with Gasteiger partial charge in [-0.3, -0.25) is 14.4 Å². The van der Waals surface area contributed by atoms with Crippen LogP contribution in [0.15, 0.2) is 91.0 Å². The second-order valence-electron chi connectivity index (χ2n) is 13.0. The largest absolute Gasteiger partial charge is 0.506 e. The molecule has 0 fully saturated rings. The summed E-state index contributed by atoms with van der Waals surface area (Å²) >= 11 is 1.21. The number of carboxylic acids is 1. The third-order valence-corrected chi connectivity index (χ3v) is 9.62. The van der Waals surface area contributed by atoms with Gasteiger partial charge in [0.05, 0.1) is 41.2 Å². The number of aryl methyl sites for hydroxylation is 2. The zero-order valence-corrected chi connectivity index (χ0v) is 33.4. The number of hydrogen-bond acceptors (Lipinski definition) is 11. The number of benzene rings is 5. The molecule has 302 valence electrons. The highest BCUT2D eigenvalue weighted by atomic mass is 32.2. The number of amides is 2. The first kappa shape index (κ1) is 42.5. The molecule has 0 unspecified atom stereocenters. The van der Waals surface area contributed by atoms with Gasteiger partial charge in [0, 0.05) is 31.2 Å². The fourth-order valence-corrected chi connectivity index (χ4v) is 6.51. The highest BCUT2D eigenvalue weighted by Gasteiger charge is 2.23. The number of nitrogens with one attached hydrogen (secondary N) is 2. The highest BCUT2D eigenvalue weighted by molar-refractivity contribution is 7.99. The molecule has 2 amide bonds. The van der Waals surface area contributed by atoms with Gasteiger partial charge in [0.2, 0.25) is 5.91 Å². The minimum Gasteiger partial charge on any atom is -0.506 e. The van der Waals surface area contributed by atoms with Crippen molar-refractivity contribution in [2.45, 2.75) is 34.1 Å². The first-order valence-corrected chi connectivity index (χ1v) is 19.7. The number of H-pyrrole nitrogens is 1. The van der Waals surface area contributed by atoms with Crippen LogP contribution in [0.1, 0.15) is 52.1 Å². The van der Waals surface area contributed by atoms with Gasteiger partial charge in [-0.25, -0.2) is 4.79 Å². The number of aromatic amines is 1. The molecule has 1 aromatic heterocycles. The molecule has 14 nitrogen and oxygen atoms in total. The van der Waals surface area contributed by atoms with Crippen LogP contribution in [0.3, 0.4) is 0 Å². The number of anilines is 1. The number of esters is 1. The zero-order valence-electron chi connectivity index (χ0n) is 32.6. The first-order chi connectivity index (χ1) is 28.0. The van der Waals surface area contributed by atoms with Crippen molar-refractivity contribution in [1.82, 2.24) is 20.7 Å². The Kier molecular flexibility index (Phi) is 15.0. The van der Waals surface area contributed by atoms with Gasteiger partial charge < -0.3 is 34.6 Å². The van der Waals surface area contributed by atoms with Crippen molar-refractivity contribution in [1.29, 1.82) is 0 Å². The maximum absolute atomic E-state index is 13.1. The quantitative estimate of drug-likeness (QED) is 0.0441. The van der Waals surface area contributed by atoms with Crippen molar-refractivity contribution in [3.05, 3.63) is 113 Å². The number of para-hydroxylation sites is 1. The number of aromatic hydroxyl groups is 1. The number of carbonyl (C=O) groups is 4. The molecule has 5 aromatic carbocycles. The molecule has 0 aliphatic carbocycles. The maximum Gasteiger partial charge on any atom is 0.343 e. The Hall–Kier alpha value is -6.61. The van der Waals surface area contributed by atoms with Crippen LogP contribution in [0.25, 0.3) is 21.8 Å². The molecule has 58 heavy (non-hydrogen) atoms. The van der Waals surface area contributed by atoms with Gasteiger partial charge in [-0.2, -0.15) is 15.4 Å². The lowest BCUT2D eigenvalue weighted by molar-refractivity contribution is -0.133. The predicted molar refractivity (Wildman–Crippen MR) is 223 cm³/mol. The average Bonchev–Trinajstić information content (AvgIpc) is 3.68. The Morgan fingerprint density at radius 3 is 2.34 bits per heavy atom. The summed E-state index contributed by atoms with van der Waals surface area (Å²) in [5, 5.41) is 34.0. The number of ether oxygens (including phenoxy) is 3. The van der Waals surface area contributed by atoms with E-state index >= 15 is 0 Å². The number of thioether (sulfide) groups is 1. The zero-order chi connectivity index (χ0) is 41.6. The lowest BCUT2D eigenvalue weighted by Gasteiger charge is -2.23. The van der Waals surface area contributed by atoms with Gasteiger partial charge in [0.15, 0.2) is 0 Å². The van der Waals surface area contributed by atoms with Crippen LogP contribution in [-0.2, 0) is 9.59 Å². The van der Waals surface area contributed by atoms with E-state index in [-0.39, 0.29) is 29.6 Å². The number of nitrogens with zero attached hydrogens (tertiary/aromatic N) is 3. The minimum atomic E-state index is -0.916. The van der Waals surface area contributed by atoms with Crippen molar-refractivity contribution in [3.63, 3.8) is 0 Å². The molecule has 0 aliphatic heterocycles. The minimum absolute atomic E-state index is 0.0407. The summed E-state index contributed by atoms with van der Waals surface area (Å²) in [5.74, 6) is -0.203. The topological polar surface area (TPSA) is 193 Å². The average molecular weight is 808 g/mol. The van der Waals surface area contributed by atoms with Crippen LogP contribution < -0.4 is 24.4 Å². The van der Waals surface area contributed by atoms with Crippen LogP contribution in [-0.4, -0.2) is 87.2 Å². The number of fused-ring (bicyclic) bond motifs is 2. The molecule has 0 aliphatic rings. The van der Waals surface area contributed by atoms with Crippen molar-refractivity contribution < 1.29 is 43.6 Å². The van der Waals surface area contributed by atoms with Gasteiger partial charge in [-0.05, 0) is 81.3 Å². The monoisotopic (exact) mass is 807 g/mol. The van der Waals surface area contributed by atoms with Crippen molar-refractivity contribution >= 4 is 63.0 Å². The van der Waals surface area contributed by atoms with E-state index in [0.717, 1.165) is 16.9 Å². The lowest BCUT2D eigenvalue weighted by atomic mass is 10.0. The van der Waals surface area contributed by atoms with E-state index in [1.165, 1.54) is 24.8 Å². The third kappa shape index (κ3) is 11.3. The van der Waals surface area contributed by atoms with Crippen LogP contribution >= 0.6 is 11.8 Å². The van der Waals surface area contributed by atoms with Crippen molar-refractivity contribution in [2.75, 3.05) is 42.7 Å². The Labute approximate surface area is 339 Å². The van der Waals surface area contributed by atoms with Crippen LogP contribution in [0.2, 0.25) is 0 Å². The number of phenolic OH excluding ortho intramolecular Hbond substituents is 1. The molecular formula is C43H45N5O9S. The van der Waals surface area contributed by atoms with Crippen LogP contribution in [0.5, 0.6) is 23.0 Å². The molecule has 6 aromatic rings. The van der Waals surface area contributed by atoms with Crippen LogP contribution in [0, 0.1) is 13.8 Å². The number of carboxylic acid groups (broad SMARTS) is 1. The molecule has 0 bridgehead atoms. The van der Waals surface area contributed by atoms with E-state index in [2.05, 4.69) is 20.7 Å². The van der Waals surface area contributed by atoms with Gasteiger partial charge in [0.25, 0.3) is 5.91 Å². The third-order valence-electron chi connectivity index (χ3n) is 8.72. The highest BCUT2D eigenvalue weighted by Crippen LogP contribution is 2.42. The van der Waals surface area contributed by atoms with Crippen LogP contribution in [0.4, 0.5) is 5.69 Å². The van der Waals surface area contributed by atoms with E-state index in [4.69, 9.17) is 19.3 Å². The lowest BCUT2D eigenvalue weighted by Crippen LogP contribution is -2.28. The van der Waals surface area contributed by atoms with Crippen molar-refractivity contribution in [3.8, 4) is 23.0 Å². The molecule has 6 rings (SSSR count). The molecule has 0 radical (unpaired) electrons. The molecule has 1 heterocycles. The maximum atomic E-state index is 13.1. The summed E-state index contributed by atoms with van der Waals surface area (Å²) in [4.78, 5) is 49.7. The summed E-state index contributed by atoms with van der Waals surface area (Å²) in [5.41, 5.74) is 4.59. The SMILES string of the molecule is CCN(C(C)=O)c1cccc2c(O)c(C(=O)NCCCOc3ccc(C)cc3C)cc(OCCSCC(=O)O)c12.O=C(Oc1ccccc1)c1ccc2n[nH]nc2c1. The number of hydrogen-bond donors (Lipinski definition) is 4. The fourth-order valence-electron chi connectivity index (χ4n) is 5.99. The second kappa shape index (κ2) is 20.5. The Morgan fingerprint density at radius 1 is 0.862 bits per heavy atom. The van der Waals surface area contributed by atoms with Gasteiger partial charge >= 0.3 is 11.9 Å². The van der Waals surface area contributed by atoms with E-state index in [0.29, 0.717) is 76.4 Å². The first-order valence-electron chi connectivity index (χ1n) is 18.5. The Balaban J connectivity index is 0.000000293. The summed E-state index contributed by atoms with van der Waals surface area (Å²) in [6, 6.07) is 26.5. The number of phenols is 1. The molecule has 0 saturated carbocycles. The smallest absolute Gasteiger partial charge is 0.343 e. The molecule has 15 heteroatoms. The normalized spacial score (nSPS) is 10.7. The summed E-state index contributed by atoms with van der Waals surface area (Å²) < 4.78 is 17.1.